The first-order valence-corrected chi connectivity index (χ1v) is 4.12. The predicted octanol–water partition coefficient (Wildman–Crippen LogP) is 1.32. The Kier molecular flexibility index (Phi) is 3.08. The van der Waals surface area contributed by atoms with Gasteiger partial charge in [0, 0.05) is 6.92 Å². The number of esters is 1. The van der Waals surface area contributed by atoms with E-state index in [-0.39, 0.29) is 12.1 Å². The van der Waals surface area contributed by atoms with Gasteiger partial charge in [0.05, 0.1) is 5.71 Å². The summed E-state index contributed by atoms with van der Waals surface area (Å²) in [5, 5.41) is 11.7. The van der Waals surface area contributed by atoms with Crippen molar-refractivity contribution >= 4 is 11.7 Å². The number of rotatable bonds is 1. The Hall–Kier alpha value is -1.06. The van der Waals surface area contributed by atoms with Crippen LogP contribution < -0.4 is 0 Å². The van der Waals surface area contributed by atoms with Gasteiger partial charge in [0.1, 0.15) is 6.10 Å². The third-order valence-electron chi connectivity index (χ3n) is 1.96. The molecule has 1 unspecified atom stereocenters. The molecule has 0 aromatic carbocycles. The predicted molar refractivity (Wildman–Crippen MR) is 43.2 cm³/mol. The third kappa shape index (κ3) is 2.22. The van der Waals surface area contributed by atoms with E-state index in [1.54, 1.807) is 0 Å². The molecule has 0 amide bonds. The molecule has 0 heterocycles. The van der Waals surface area contributed by atoms with Crippen LogP contribution in [-0.2, 0) is 9.53 Å². The number of oxime groups is 1. The van der Waals surface area contributed by atoms with Crippen LogP contribution in [0.3, 0.4) is 0 Å². The van der Waals surface area contributed by atoms with Crippen LogP contribution in [0.5, 0.6) is 0 Å². The summed E-state index contributed by atoms with van der Waals surface area (Å²) in [5.74, 6) is -0.317. The number of nitrogens with zero attached hydrogens (tertiary/aromatic N) is 1. The highest BCUT2D eigenvalue weighted by Crippen LogP contribution is 2.18. The van der Waals surface area contributed by atoms with Crippen molar-refractivity contribution in [3.8, 4) is 0 Å². The summed E-state index contributed by atoms with van der Waals surface area (Å²) in [6.45, 7) is 1.36. The first-order chi connectivity index (χ1) is 5.74. The molecule has 0 saturated heterocycles. The van der Waals surface area contributed by atoms with Crippen molar-refractivity contribution in [1.82, 2.24) is 0 Å². The average Bonchev–Trinajstić information content (AvgIpc) is 2.04. The summed E-state index contributed by atoms with van der Waals surface area (Å²) in [4.78, 5) is 10.6. The topological polar surface area (TPSA) is 58.9 Å². The van der Waals surface area contributed by atoms with E-state index in [9.17, 15) is 4.79 Å². The zero-order chi connectivity index (χ0) is 8.97. The second kappa shape index (κ2) is 4.09. The number of hydrogen-bond donors (Lipinski definition) is 1. The minimum Gasteiger partial charge on any atom is -0.456 e. The lowest BCUT2D eigenvalue weighted by Crippen LogP contribution is -2.29. The largest absolute Gasteiger partial charge is 0.456 e. The van der Waals surface area contributed by atoms with Crippen molar-refractivity contribution in [3.63, 3.8) is 0 Å². The standard InChI is InChI=1S/C8H13NO3/c1-6(10)12-8-5-3-2-4-7(8)9-11/h8,11H,2-5H2,1H3/b9-7+. The van der Waals surface area contributed by atoms with Gasteiger partial charge in [-0.25, -0.2) is 0 Å². The molecule has 1 aliphatic carbocycles. The van der Waals surface area contributed by atoms with Gasteiger partial charge in [-0.15, -0.1) is 0 Å². The maximum absolute atomic E-state index is 10.6. The Morgan fingerprint density at radius 2 is 2.42 bits per heavy atom. The molecule has 1 aliphatic rings. The molecule has 1 saturated carbocycles. The number of ether oxygens (including phenoxy) is 1. The monoisotopic (exact) mass is 171 g/mol. The summed E-state index contributed by atoms with van der Waals surface area (Å²) in [6, 6.07) is 0. The fourth-order valence-corrected chi connectivity index (χ4v) is 1.41. The highest BCUT2D eigenvalue weighted by atomic mass is 16.5. The number of hydrogen-bond acceptors (Lipinski definition) is 4. The van der Waals surface area contributed by atoms with E-state index >= 15 is 0 Å². The van der Waals surface area contributed by atoms with Crippen LogP contribution in [0.4, 0.5) is 0 Å². The third-order valence-corrected chi connectivity index (χ3v) is 1.96. The van der Waals surface area contributed by atoms with Gasteiger partial charge in [0.25, 0.3) is 0 Å². The SMILES string of the molecule is CC(=O)OC1CCCC/C1=N\O. The highest BCUT2D eigenvalue weighted by molar-refractivity contribution is 5.90. The van der Waals surface area contributed by atoms with Crippen LogP contribution in [0, 0.1) is 0 Å². The lowest BCUT2D eigenvalue weighted by Gasteiger charge is -2.21. The molecule has 0 radical (unpaired) electrons. The molecule has 1 rings (SSSR count). The fraction of sp³-hybridized carbons (Fsp3) is 0.750. The Labute approximate surface area is 71.2 Å². The molecule has 0 aliphatic heterocycles. The molecule has 0 spiro atoms. The van der Waals surface area contributed by atoms with Crippen molar-refractivity contribution in [2.75, 3.05) is 0 Å². The smallest absolute Gasteiger partial charge is 0.303 e. The summed E-state index contributed by atoms with van der Waals surface area (Å²) >= 11 is 0. The second-order valence-electron chi connectivity index (χ2n) is 2.94. The van der Waals surface area contributed by atoms with E-state index in [0.29, 0.717) is 5.71 Å². The Bertz CT molecular complexity index is 200. The van der Waals surface area contributed by atoms with Crippen molar-refractivity contribution < 1.29 is 14.7 Å². The van der Waals surface area contributed by atoms with Gasteiger partial charge in [0.2, 0.25) is 0 Å². The minimum absolute atomic E-state index is 0.291. The first kappa shape index (κ1) is 9.03. The Balaban J connectivity index is 2.53. The van der Waals surface area contributed by atoms with Crippen LogP contribution in [0.15, 0.2) is 5.16 Å². The van der Waals surface area contributed by atoms with E-state index in [1.165, 1.54) is 6.92 Å². The molecule has 1 fully saturated rings. The van der Waals surface area contributed by atoms with Crippen molar-refractivity contribution in [2.24, 2.45) is 5.16 Å². The lowest BCUT2D eigenvalue weighted by atomic mass is 9.95. The normalized spacial score (nSPS) is 27.1. The van der Waals surface area contributed by atoms with E-state index < -0.39 is 0 Å². The summed E-state index contributed by atoms with van der Waals surface area (Å²) < 4.78 is 4.96. The highest BCUT2D eigenvalue weighted by Gasteiger charge is 2.23. The molecule has 12 heavy (non-hydrogen) atoms. The molecule has 68 valence electrons. The molecule has 4 heteroatoms. The number of carbonyl (C=O) groups excluding carboxylic acids is 1. The zero-order valence-electron chi connectivity index (χ0n) is 7.12. The van der Waals surface area contributed by atoms with Gasteiger partial charge in [-0.1, -0.05) is 5.16 Å². The van der Waals surface area contributed by atoms with Gasteiger partial charge >= 0.3 is 5.97 Å². The molecule has 0 bridgehead atoms. The van der Waals surface area contributed by atoms with E-state index in [1.807, 2.05) is 0 Å². The van der Waals surface area contributed by atoms with Gasteiger partial charge in [-0.05, 0) is 25.7 Å². The lowest BCUT2D eigenvalue weighted by molar-refractivity contribution is -0.143. The van der Waals surface area contributed by atoms with E-state index in [0.717, 1.165) is 25.7 Å². The van der Waals surface area contributed by atoms with Crippen molar-refractivity contribution in [2.45, 2.75) is 38.7 Å². The zero-order valence-corrected chi connectivity index (χ0v) is 7.12. The Morgan fingerprint density at radius 3 is 3.00 bits per heavy atom. The van der Waals surface area contributed by atoms with Crippen molar-refractivity contribution in [1.29, 1.82) is 0 Å². The minimum atomic E-state index is -0.317. The molecular weight excluding hydrogens is 158 g/mol. The maximum atomic E-state index is 10.6. The van der Waals surface area contributed by atoms with Gasteiger partial charge < -0.3 is 9.94 Å². The summed E-state index contributed by atoms with van der Waals surface area (Å²) in [6.07, 6.45) is 3.25. The van der Waals surface area contributed by atoms with Crippen molar-refractivity contribution in [3.05, 3.63) is 0 Å². The average molecular weight is 171 g/mol. The molecule has 0 aromatic rings. The van der Waals surface area contributed by atoms with Crippen LogP contribution in [0.1, 0.15) is 32.6 Å². The number of carbonyl (C=O) groups is 1. The van der Waals surface area contributed by atoms with Gasteiger partial charge in [-0.2, -0.15) is 0 Å². The quantitative estimate of drug-likeness (QED) is 0.367. The Morgan fingerprint density at radius 1 is 1.67 bits per heavy atom. The first-order valence-electron chi connectivity index (χ1n) is 4.12. The van der Waals surface area contributed by atoms with Crippen LogP contribution in [-0.4, -0.2) is 23.0 Å². The van der Waals surface area contributed by atoms with Crippen LogP contribution >= 0.6 is 0 Å². The van der Waals surface area contributed by atoms with Crippen LogP contribution in [0.2, 0.25) is 0 Å². The maximum Gasteiger partial charge on any atom is 0.303 e. The van der Waals surface area contributed by atoms with Gasteiger partial charge in [-0.3, -0.25) is 4.79 Å². The van der Waals surface area contributed by atoms with Gasteiger partial charge in [0.15, 0.2) is 0 Å². The molecular formula is C8H13NO3. The molecule has 1 N–H and O–H groups in total. The second-order valence-corrected chi connectivity index (χ2v) is 2.94. The van der Waals surface area contributed by atoms with E-state index in [4.69, 9.17) is 9.94 Å². The summed E-state index contributed by atoms with van der Waals surface area (Å²) in [5.41, 5.74) is 0.594. The molecule has 0 aromatic heterocycles. The molecule has 4 nitrogen and oxygen atoms in total. The fourth-order valence-electron chi connectivity index (χ4n) is 1.41. The van der Waals surface area contributed by atoms with Crippen LogP contribution in [0.25, 0.3) is 0 Å². The van der Waals surface area contributed by atoms with E-state index in [2.05, 4.69) is 5.16 Å². The summed E-state index contributed by atoms with van der Waals surface area (Å²) in [7, 11) is 0. The molecule has 1 atom stereocenters.